The number of rotatable bonds is 1. The molecule has 3 rings (SSSR count). The summed E-state index contributed by atoms with van der Waals surface area (Å²) in [4.78, 5) is 3.93. The molecule has 1 aliphatic heterocycles. The molecular formula is C12H16ClFN4. The van der Waals surface area contributed by atoms with E-state index >= 15 is 0 Å². The lowest BCUT2D eigenvalue weighted by atomic mass is 9.88. The Morgan fingerprint density at radius 1 is 1.39 bits per heavy atom. The Morgan fingerprint density at radius 2 is 2.11 bits per heavy atom. The first-order chi connectivity index (χ1) is 8.27. The summed E-state index contributed by atoms with van der Waals surface area (Å²) in [6.07, 6.45) is 5.43. The Labute approximate surface area is 111 Å². The third-order valence-electron chi connectivity index (χ3n) is 3.57. The minimum atomic E-state index is -0.237. The highest BCUT2D eigenvalue weighted by Crippen LogP contribution is 2.29. The molecule has 2 aromatic rings. The van der Waals surface area contributed by atoms with Gasteiger partial charge in [-0.3, -0.25) is 0 Å². The number of nitrogens with one attached hydrogen (secondary N) is 1. The van der Waals surface area contributed by atoms with Gasteiger partial charge >= 0.3 is 0 Å². The van der Waals surface area contributed by atoms with Crippen LogP contribution in [0.5, 0.6) is 0 Å². The lowest BCUT2D eigenvalue weighted by Gasteiger charge is -2.24. The molecule has 0 aromatic carbocycles. The molecule has 0 unspecified atom stereocenters. The van der Waals surface area contributed by atoms with Crippen LogP contribution in [0.3, 0.4) is 0 Å². The van der Waals surface area contributed by atoms with Crippen LogP contribution in [0.4, 0.5) is 4.39 Å². The van der Waals surface area contributed by atoms with Crippen molar-refractivity contribution in [3.05, 3.63) is 29.5 Å². The standard InChI is InChI=1S/C12H15FN4.ClH/c1-8-10(9-2-4-14-5-3-9)6-17-12(11(8)13)15-7-16-17;/h6-7,9,14H,2-5H2,1H3;1H. The maximum absolute atomic E-state index is 14.1. The smallest absolute Gasteiger partial charge is 0.191 e. The molecule has 0 radical (unpaired) electrons. The zero-order chi connectivity index (χ0) is 11.8. The summed E-state index contributed by atoms with van der Waals surface area (Å²) in [5.74, 6) is 0.192. The first kappa shape index (κ1) is 13.2. The van der Waals surface area contributed by atoms with E-state index in [4.69, 9.17) is 0 Å². The van der Waals surface area contributed by atoms with Gasteiger partial charge in [0.2, 0.25) is 0 Å². The third-order valence-corrected chi connectivity index (χ3v) is 3.57. The number of nitrogens with zero attached hydrogens (tertiary/aromatic N) is 3. The van der Waals surface area contributed by atoms with Crippen LogP contribution in [0, 0.1) is 12.7 Å². The van der Waals surface area contributed by atoms with Crippen molar-refractivity contribution in [1.29, 1.82) is 0 Å². The molecule has 1 fully saturated rings. The van der Waals surface area contributed by atoms with Crippen LogP contribution >= 0.6 is 12.4 Å². The summed E-state index contributed by atoms with van der Waals surface area (Å²) in [5, 5.41) is 7.35. The summed E-state index contributed by atoms with van der Waals surface area (Å²) in [7, 11) is 0. The quantitative estimate of drug-likeness (QED) is 0.863. The lowest BCUT2D eigenvalue weighted by molar-refractivity contribution is 0.455. The summed E-state index contributed by atoms with van der Waals surface area (Å²) >= 11 is 0. The maximum Gasteiger partial charge on any atom is 0.191 e. The van der Waals surface area contributed by atoms with Crippen LogP contribution in [0.15, 0.2) is 12.5 Å². The Morgan fingerprint density at radius 3 is 2.83 bits per heavy atom. The van der Waals surface area contributed by atoms with E-state index in [0.717, 1.165) is 37.1 Å². The van der Waals surface area contributed by atoms with Crippen molar-refractivity contribution in [2.24, 2.45) is 0 Å². The SMILES string of the molecule is Cc1c(C2CCNCC2)cn2ncnc2c1F.Cl. The van der Waals surface area contributed by atoms with Crippen LogP contribution in [-0.4, -0.2) is 27.7 Å². The summed E-state index contributed by atoms with van der Waals surface area (Å²) < 4.78 is 15.6. The van der Waals surface area contributed by atoms with Gasteiger partial charge in [-0.1, -0.05) is 0 Å². The number of aromatic nitrogens is 3. The number of pyridine rings is 1. The first-order valence-corrected chi connectivity index (χ1v) is 5.96. The lowest BCUT2D eigenvalue weighted by Crippen LogP contribution is -2.27. The zero-order valence-electron chi connectivity index (χ0n) is 10.2. The average molecular weight is 271 g/mol. The average Bonchev–Trinajstić information content (AvgIpc) is 2.83. The minimum Gasteiger partial charge on any atom is -0.317 e. The Hall–Kier alpha value is -1.20. The molecule has 2 aromatic heterocycles. The predicted octanol–water partition coefficient (Wildman–Crippen LogP) is 2.07. The van der Waals surface area contributed by atoms with E-state index in [1.54, 1.807) is 4.52 Å². The molecule has 1 N–H and O–H groups in total. The molecule has 0 bridgehead atoms. The summed E-state index contributed by atoms with van der Waals surface area (Å²) in [5.41, 5.74) is 2.11. The van der Waals surface area contributed by atoms with Crippen LogP contribution in [0.25, 0.3) is 5.65 Å². The second kappa shape index (κ2) is 5.20. The molecule has 0 aliphatic carbocycles. The zero-order valence-corrected chi connectivity index (χ0v) is 11.0. The predicted molar refractivity (Wildman–Crippen MR) is 69.8 cm³/mol. The van der Waals surface area contributed by atoms with Gasteiger partial charge in [-0.05, 0) is 49.9 Å². The van der Waals surface area contributed by atoms with Crippen molar-refractivity contribution in [1.82, 2.24) is 19.9 Å². The number of piperidine rings is 1. The summed E-state index contributed by atoms with van der Waals surface area (Å²) in [6, 6.07) is 0. The second-order valence-corrected chi connectivity index (χ2v) is 4.58. The number of halogens is 2. The molecule has 0 saturated carbocycles. The van der Waals surface area contributed by atoms with Crippen molar-refractivity contribution in [3.8, 4) is 0 Å². The van der Waals surface area contributed by atoms with E-state index < -0.39 is 0 Å². The largest absolute Gasteiger partial charge is 0.317 e. The fourth-order valence-electron chi connectivity index (χ4n) is 2.57. The van der Waals surface area contributed by atoms with Crippen LogP contribution in [0.2, 0.25) is 0 Å². The Kier molecular flexibility index (Phi) is 3.82. The van der Waals surface area contributed by atoms with Gasteiger partial charge in [-0.2, -0.15) is 5.10 Å². The highest BCUT2D eigenvalue weighted by molar-refractivity contribution is 5.85. The molecular weight excluding hydrogens is 255 g/mol. The fraction of sp³-hybridized carbons (Fsp3) is 0.500. The third kappa shape index (κ3) is 2.08. The van der Waals surface area contributed by atoms with Crippen molar-refractivity contribution >= 4 is 18.1 Å². The molecule has 6 heteroatoms. The van der Waals surface area contributed by atoms with Gasteiger partial charge in [0.1, 0.15) is 6.33 Å². The molecule has 0 atom stereocenters. The highest BCUT2D eigenvalue weighted by Gasteiger charge is 2.21. The molecule has 1 saturated heterocycles. The van der Waals surface area contributed by atoms with Crippen LogP contribution < -0.4 is 5.32 Å². The first-order valence-electron chi connectivity index (χ1n) is 5.96. The molecule has 0 amide bonds. The number of hydrogen-bond donors (Lipinski definition) is 1. The summed E-state index contributed by atoms with van der Waals surface area (Å²) in [6.45, 7) is 3.84. The van der Waals surface area contributed by atoms with Crippen LogP contribution in [-0.2, 0) is 0 Å². The van der Waals surface area contributed by atoms with E-state index in [1.807, 2.05) is 13.1 Å². The Bertz CT molecular complexity index is 548. The molecule has 1 aliphatic rings. The molecule has 0 spiro atoms. The van der Waals surface area contributed by atoms with E-state index in [2.05, 4.69) is 15.4 Å². The van der Waals surface area contributed by atoms with Gasteiger partial charge in [0.25, 0.3) is 0 Å². The van der Waals surface area contributed by atoms with Crippen molar-refractivity contribution in [2.45, 2.75) is 25.7 Å². The van der Waals surface area contributed by atoms with Gasteiger partial charge in [-0.25, -0.2) is 13.9 Å². The van der Waals surface area contributed by atoms with Crippen molar-refractivity contribution in [2.75, 3.05) is 13.1 Å². The van der Waals surface area contributed by atoms with Crippen LogP contribution in [0.1, 0.15) is 29.9 Å². The van der Waals surface area contributed by atoms with Gasteiger partial charge in [0, 0.05) is 6.20 Å². The van der Waals surface area contributed by atoms with E-state index in [1.165, 1.54) is 6.33 Å². The van der Waals surface area contributed by atoms with E-state index in [9.17, 15) is 4.39 Å². The molecule has 4 nitrogen and oxygen atoms in total. The fourth-order valence-corrected chi connectivity index (χ4v) is 2.57. The number of hydrogen-bond acceptors (Lipinski definition) is 3. The topological polar surface area (TPSA) is 42.2 Å². The van der Waals surface area contributed by atoms with E-state index in [-0.39, 0.29) is 18.2 Å². The van der Waals surface area contributed by atoms with Gasteiger partial charge in [0.15, 0.2) is 11.5 Å². The number of fused-ring (bicyclic) bond motifs is 1. The van der Waals surface area contributed by atoms with Gasteiger partial charge in [-0.15, -0.1) is 12.4 Å². The van der Waals surface area contributed by atoms with Crippen molar-refractivity contribution in [3.63, 3.8) is 0 Å². The maximum atomic E-state index is 14.1. The molecule has 3 heterocycles. The normalized spacial score (nSPS) is 16.8. The molecule has 98 valence electrons. The van der Waals surface area contributed by atoms with E-state index in [0.29, 0.717) is 11.6 Å². The van der Waals surface area contributed by atoms with Crippen molar-refractivity contribution < 1.29 is 4.39 Å². The minimum absolute atomic E-state index is 0. The monoisotopic (exact) mass is 270 g/mol. The Balaban J connectivity index is 0.00000120. The highest BCUT2D eigenvalue weighted by atomic mass is 35.5. The van der Waals surface area contributed by atoms with Gasteiger partial charge < -0.3 is 5.32 Å². The second-order valence-electron chi connectivity index (χ2n) is 4.58. The molecule has 18 heavy (non-hydrogen) atoms. The van der Waals surface area contributed by atoms with Gasteiger partial charge in [0.05, 0.1) is 0 Å².